The number of hydrogen-bond acceptors (Lipinski definition) is 3. The fraction of sp³-hybridized carbons (Fsp3) is 0.750. The molecule has 1 aromatic rings. The summed E-state index contributed by atoms with van der Waals surface area (Å²) < 4.78 is 4.88. The first-order valence-corrected chi connectivity index (χ1v) is 8.57. The molecule has 0 aliphatic heterocycles. The number of nitrogens with zero attached hydrogens (tertiary/aromatic N) is 3. The van der Waals surface area contributed by atoms with Crippen LogP contribution < -0.4 is 10.0 Å². The molecule has 0 unspecified atom stereocenters. The average Bonchev–Trinajstić information content (AvgIpc) is 2.95. The second-order valence-corrected chi connectivity index (χ2v) is 7.21. The molecule has 124 valence electrons. The number of anilines is 1. The maximum Gasteiger partial charge on any atom is 0.330 e. The zero-order chi connectivity index (χ0) is 16.9. The summed E-state index contributed by atoms with van der Waals surface area (Å²) in [5.41, 5.74) is 0.0929. The lowest BCUT2D eigenvalue weighted by Gasteiger charge is -2.38. The number of rotatable bonds is 8. The summed E-state index contributed by atoms with van der Waals surface area (Å²) in [5.74, 6) is 1.27. The van der Waals surface area contributed by atoms with E-state index in [0.29, 0.717) is 14.0 Å². The summed E-state index contributed by atoms with van der Waals surface area (Å²) in [7, 11) is 4.23. The van der Waals surface area contributed by atoms with Crippen LogP contribution in [0.25, 0.3) is 0 Å². The Balaban J connectivity index is 2.98. The van der Waals surface area contributed by atoms with Crippen LogP contribution in [0, 0.1) is 0 Å². The van der Waals surface area contributed by atoms with Gasteiger partial charge < -0.3 is 19.3 Å². The minimum atomic E-state index is 0.0929. The molecular formula is C16H34B2N4. The van der Waals surface area contributed by atoms with Gasteiger partial charge >= 0.3 is 6.98 Å². The van der Waals surface area contributed by atoms with Gasteiger partial charge in [0, 0.05) is 11.7 Å². The molecule has 6 heteroatoms. The normalized spacial score (nSPS) is 11.9. The highest BCUT2D eigenvalue weighted by Crippen LogP contribution is 2.25. The highest BCUT2D eigenvalue weighted by Gasteiger charge is 2.30. The molecule has 0 amide bonds. The topological polar surface area (TPSA) is 23.4 Å². The van der Waals surface area contributed by atoms with Crippen LogP contribution in [0.2, 0.25) is 13.6 Å². The van der Waals surface area contributed by atoms with Crippen molar-refractivity contribution < 1.29 is 0 Å². The summed E-state index contributed by atoms with van der Waals surface area (Å²) >= 11 is 0. The van der Waals surface area contributed by atoms with E-state index < -0.39 is 0 Å². The second kappa shape index (κ2) is 8.11. The predicted molar refractivity (Wildman–Crippen MR) is 102 cm³/mol. The van der Waals surface area contributed by atoms with Crippen molar-refractivity contribution in [3.8, 4) is 0 Å². The van der Waals surface area contributed by atoms with Crippen molar-refractivity contribution in [3.05, 3.63) is 18.3 Å². The van der Waals surface area contributed by atoms with Crippen LogP contribution in [-0.2, 0) is 5.54 Å². The van der Waals surface area contributed by atoms with Crippen LogP contribution in [0.1, 0.15) is 40.5 Å². The van der Waals surface area contributed by atoms with Gasteiger partial charge in [0.2, 0.25) is 0 Å². The van der Waals surface area contributed by atoms with Gasteiger partial charge in [-0.3, -0.25) is 0 Å². The number of unbranched alkanes of at least 4 members (excludes halogenated alkanes) is 1. The molecular weight excluding hydrogens is 270 g/mol. The standard InChI is InChI=1S/C16H34B2N4/c1-9-10-14-22(17(5)19-7)18(6)20(8)15-12-11-13-21(15)16(2,3)4/h11-13,19H,9-10,14H2,1-8H3. The Hall–Kier alpha value is -0.870. The third kappa shape index (κ3) is 4.56. The number of aromatic nitrogens is 1. The van der Waals surface area contributed by atoms with E-state index in [2.05, 4.69) is 86.0 Å². The summed E-state index contributed by atoms with van der Waals surface area (Å²) in [6.07, 6.45) is 4.63. The predicted octanol–water partition coefficient (Wildman–Crippen LogP) is 3.24. The Kier molecular flexibility index (Phi) is 7.07. The van der Waals surface area contributed by atoms with Gasteiger partial charge in [0.25, 0.3) is 6.98 Å². The van der Waals surface area contributed by atoms with E-state index in [9.17, 15) is 0 Å². The van der Waals surface area contributed by atoms with Gasteiger partial charge in [-0.2, -0.15) is 0 Å². The van der Waals surface area contributed by atoms with Gasteiger partial charge in [-0.25, -0.2) is 0 Å². The van der Waals surface area contributed by atoms with E-state index in [1.165, 1.54) is 18.7 Å². The fourth-order valence-electron chi connectivity index (χ4n) is 2.85. The molecule has 0 radical (unpaired) electrons. The number of hydrogen-bond donors (Lipinski definition) is 1. The van der Waals surface area contributed by atoms with Crippen LogP contribution in [0.4, 0.5) is 5.82 Å². The van der Waals surface area contributed by atoms with Crippen LogP contribution >= 0.6 is 0 Å². The second-order valence-electron chi connectivity index (χ2n) is 7.21. The van der Waals surface area contributed by atoms with Crippen molar-refractivity contribution in [2.75, 3.05) is 25.5 Å². The Morgan fingerprint density at radius 2 is 1.91 bits per heavy atom. The van der Waals surface area contributed by atoms with Gasteiger partial charge in [0.1, 0.15) is 0 Å². The van der Waals surface area contributed by atoms with Crippen LogP contribution in [0.15, 0.2) is 18.3 Å². The van der Waals surface area contributed by atoms with Crippen LogP contribution in [-0.4, -0.2) is 43.9 Å². The summed E-state index contributed by atoms with van der Waals surface area (Å²) in [6, 6.07) is 4.35. The first-order valence-electron chi connectivity index (χ1n) is 8.57. The van der Waals surface area contributed by atoms with Gasteiger partial charge in [-0.15, -0.1) is 0 Å². The molecule has 0 saturated heterocycles. The Morgan fingerprint density at radius 1 is 1.27 bits per heavy atom. The lowest BCUT2D eigenvalue weighted by Crippen LogP contribution is -2.59. The van der Waals surface area contributed by atoms with E-state index in [1.807, 2.05) is 7.05 Å². The van der Waals surface area contributed by atoms with E-state index in [1.54, 1.807) is 0 Å². The van der Waals surface area contributed by atoms with E-state index >= 15 is 0 Å². The molecule has 0 aliphatic carbocycles. The molecule has 1 aromatic heterocycles. The summed E-state index contributed by atoms with van der Waals surface area (Å²) in [5, 5.41) is 3.39. The van der Waals surface area contributed by atoms with Crippen molar-refractivity contribution in [1.82, 2.24) is 14.5 Å². The highest BCUT2D eigenvalue weighted by molar-refractivity contribution is 6.72. The molecule has 0 aliphatic rings. The number of nitrogens with one attached hydrogen (secondary N) is 1. The molecule has 0 spiro atoms. The van der Waals surface area contributed by atoms with Gasteiger partial charge in [-0.1, -0.05) is 27.0 Å². The van der Waals surface area contributed by atoms with Gasteiger partial charge in [0.05, 0.1) is 5.82 Å². The molecule has 0 atom stereocenters. The van der Waals surface area contributed by atoms with E-state index in [-0.39, 0.29) is 5.54 Å². The van der Waals surface area contributed by atoms with E-state index in [0.717, 1.165) is 6.54 Å². The fourth-order valence-corrected chi connectivity index (χ4v) is 2.85. The molecule has 1 N–H and O–H groups in total. The van der Waals surface area contributed by atoms with Crippen molar-refractivity contribution in [1.29, 1.82) is 0 Å². The first kappa shape index (κ1) is 19.2. The third-order valence-electron chi connectivity index (χ3n) is 4.54. The quantitative estimate of drug-likeness (QED) is 0.746. The van der Waals surface area contributed by atoms with E-state index in [4.69, 9.17) is 0 Å². The maximum absolute atomic E-state index is 3.39. The van der Waals surface area contributed by atoms with Crippen molar-refractivity contribution >= 4 is 19.8 Å². The highest BCUT2D eigenvalue weighted by atomic mass is 15.3. The van der Waals surface area contributed by atoms with Gasteiger partial charge in [0.15, 0.2) is 0 Å². The first-order chi connectivity index (χ1) is 10.2. The Morgan fingerprint density at radius 3 is 2.41 bits per heavy atom. The van der Waals surface area contributed by atoms with Crippen LogP contribution in [0.5, 0.6) is 0 Å². The minimum absolute atomic E-state index is 0.0929. The zero-order valence-electron chi connectivity index (χ0n) is 15.8. The Labute approximate surface area is 138 Å². The van der Waals surface area contributed by atoms with Gasteiger partial charge in [-0.05, 0) is 60.0 Å². The smallest absolute Gasteiger partial charge is 0.330 e. The zero-order valence-corrected chi connectivity index (χ0v) is 15.8. The monoisotopic (exact) mass is 304 g/mol. The van der Waals surface area contributed by atoms with Crippen molar-refractivity contribution in [3.63, 3.8) is 0 Å². The average molecular weight is 304 g/mol. The molecule has 4 nitrogen and oxygen atoms in total. The minimum Gasteiger partial charge on any atom is -0.391 e. The maximum atomic E-state index is 3.39. The molecule has 0 bridgehead atoms. The van der Waals surface area contributed by atoms with Crippen molar-refractivity contribution in [2.24, 2.45) is 0 Å². The molecule has 0 fully saturated rings. The molecule has 0 saturated carbocycles. The Bertz CT molecular complexity index is 442. The van der Waals surface area contributed by atoms with Crippen molar-refractivity contribution in [2.45, 2.75) is 59.7 Å². The molecule has 22 heavy (non-hydrogen) atoms. The molecule has 1 heterocycles. The lowest BCUT2D eigenvalue weighted by atomic mass is 9.61. The SMILES string of the molecule is CCCCN(B(C)NC)B(C)N(C)c1cccn1C(C)(C)C. The molecule has 0 aromatic carbocycles. The summed E-state index contributed by atoms with van der Waals surface area (Å²) in [4.78, 5) is 2.38. The summed E-state index contributed by atoms with van der Waals surface area (Å²) in [6.45, 7) is 15.3. The lowest BCUT2D eigenvalue weighted by molar-refractivity contribution is 0.401. The molecule has 1 rings (SSSR count). The largest absolute Gasteiger partial charge is 0.391 e. The third-order valence-corrected chi connectivity index (χ3v) is 4.54. The van der Waals surface area contributed by atoms with Crippen LogP contribution in [0.3, 0.4) is 0 Å².